The molecule has 2 fully saturated rings. The summed E-state index contributed by atoms with van der Waals surface area (Å²) in [6, 6.07) is 0.0399. The van der Waals surface area contributed by atoms with E-state index in [0.717, 1.165) is 58.7 Å². The predicted octanol–water partition coefficient (Wildman–Crippen LogP) is -0.186. The van der Waals surface area contributed by atoms with E-state index < -0.39 is 0 Å². The van der Waals surface area contributed by atoms with Gasteiger partial charge >= 0.3 is 0 Å². The molecule has 2 amide bonds. The highest BCUT2D eigenvalue weighted by Gasteiger charge is 2.27. The Labute approximate surface area is 145 Å². The van der Waals surface area contributed by atoms with E-state index in [1.165, 1.54) is 0 Å². The second kappa shape index (κ2) is 9.96. The second-order valence-electron chi connectivity index (χ2n) is 6.72. The molecule has 0 spiro atoms. The number of ether oxygens (including phenoxy) is 1. The first-order valence-electron chi connectivity index (χ1n) is 9.21. The summed E-state index contributed by atoms with van der Waals surface area (Å²) in [6.45, 7) is 10.4. The van der Waals surface area contributed by atoms with Crippen LogP contribution in [0.25, 0.3) is 0 Å². The minimum absolute atomic E-state index is 0.0463. The first-order valence-corrected chi connectivity index (χ1v) is 9.21. The molecule has 2 aliphatic heterocycles. The van der Waals surface area contributed by atoms with Crippen LogP contribution < -0.4 is 10.6 Å². The Morgan fingerprint density at radius 3 is 2.96 bits per heavy atom. The van der Waals surface area contributed by atoms with Crippen molar-refractivity contribution in [2.24, 2.45) is 0 Å². The minimum Gasteiger partial charge on any atom is -0.380 e. The molecule has 2 rings (SSSR count). The van der Waals surface area contributed by atoms with Crippen LogP contribution in [0, 0.1) is 0 Å². The zero-order valence-corrected chi connectivity index (χ0v) is 15.1. The lowest BCUT2D eigenvalue weighted by molar-refractivity contribution is -0.129. The molecule has 0 unspecified atom stereocenters. The maximum absolute atomic E-state index is 12.3. The lowest BCUT2D eigenvalue weighted by Crippen LogP contribution is -2.55. The van der Waals surface area contributed by atoms with E-state index in [1.54, 1.807) is 0 Å². The van der Waals surface area contributed by atoms with E-state index in [9.17, 15) is 9.59 Å². The minimum atomic E-state index is -0.370. The van der Waals surface area contributed by atoms with Crippen molar-refractivity contribution < 1.29 is 14.3 Å². The highest BCUT2D eigenvalue weighted by atomic mass is 16.5. The smallest absolute Gasteiger partial charge is 0.242 e. The Balaban J connectivity index is 1.71. The van der Waals surface area contributed by atoms with E-state index in [1.807, 2.05) is 6.92 Å². The quantitative estimate of drug-likeness (QED) is 0.629. The molecule has 0 bridgehead atoms. The topological polar surface area (TPSA) is 73.9 Å². The fourth-order valence-electron chi connectivity index (χ4n) is 3.39. The Morgan fingerprint density at radius 2 is 2.21 bits per heavy atom. The van der Waals surface area contributed by atoms with Crippen LogP contribution in [-0.2, 0) is 14.3 Å². The van der Waals surface area contributed by atoms with E-state index in [4.69, 9.17) is 4.74 Å². The van der Waals surface area contributed by atoms with Crippen molar-refractivity contribution in [2.75, 3.05) is 52.5 Å². The van der Waals surface area contributed by atoms with Crippen LogP contribution in [0.2, 0.25) is 0 Å². The fourth-order valence-corrected chi connectivity index (χ4v) is 3.39. The number of carbonyl (C=O) groups excluding carboxylic acids is 2. The molecule has 0 aromatic heterocycles. The first kappa shape index (κ1) is 19.1. The van der Waals surface area contributed by atoms with Crippen LogP contribution in [0.1, 0.15) is 33.1 Å². The molecule has 0 saturated carbocycles. The molecule has 24 heavy (non-hydrogen) atoms. The summed E-state index contributed by atoms with van der Waals surface area (Å²) in [6.07, 6.45) is 2.69. The number of hydrogen-bond donors (Lipinski definition) is 2. The summed E-state index contributed by atoms with van der Waals surface area (Å²) < 4.78 is 5.42. The molecule has 0 aliphatic carbocycles. The maximum atomic E-state index is 12.3. The van der Waals surface area contributed by atoms with Gasteiger partial charge in [-0.3, -0.25) is 19.4 Å². The van der Waals surface area contributed by atoms with Crippen molar-refractivity contribution in [2.45, 2.75) is 45.2 Å². The van der Waals surface area contributed by atoms with E-state index in [-0.39, 0.29) is 17.9 Å². The molecule has 2 heterocycles. The average molecular weight is 340 g/mol. The number of nitrogens with one attached hydrogen (secondary N) is 2. The van der Waals surface area contributed by atoms with E-state index in [2.05, 4.69) is 27.4 Å². The van der Waals surface area contributed by atoms with Crippen LogP contribution >= 0.6 is 0 Å². The molecule has 2 N–H and O–H groups in total. The molecule has 7 nitrogen and oxygen atoms in total. The molecular weight excluding hydrogens is 308 g/mol. The molecule has 2 atom stereocenters. The van der Waals surface area contributed by atoms with Crippen molar-refractivity contribution >= 4 is 11.8 Å². The Morgan fingerprint density at radius 1 is 1.38 bits per heavy atom. The number of rotatable bonds is 7. The fraction of sp³-hybridized carbons (Fsp3) is 0.882. The van der Waals surface area contributed by atoms with Crippen molar-refractivity contribution in [3.63, 3.8) is 0 Å². The molecule has 7 heteroatoms. The van der Waals surface area contributed by atoms with Gasteiger partial charge in [0.15, 0.2) is 0 Å². The zero-order valence-electron chi connectivity index (χ0n) is 15.1. The lowest BCUT2D eigenvalue weighted by atomic mass is 10.1. The van der Waals surface area contributed by atoms with Gasteiger partial charge in [-0.15, -0.1) is 0 Å². The van der Waals surface area contributed by atoms with Gasteiger partial charge in [-0.1, -0.05) is 0 Å². The number of hydrogen-bond acceptors (Lipinski definition) is 5. The third kappa shape index (κ3) is 6.03. The summed E-state index contributed by atoms with van der Waals surface area (Å²) in [5, 5.41) is 5.75. The summed E-state index contributed by atoms with van der Waals surface area (Å²) in [7, 11) is 0. The average Bonchev–Trinajstić information content (AvgIpc) is 2.74. The first-order chi connectivity index (χ1) is 11.6. The number of nitrogens with zero attached hydrogens (tertiary/aromatic N) is 2. The van der Waals surface area contributed by atoms with Gasteiger partial charge in [-0.2, -0.15) is 0 Å². The molecule has 0 radical (unpaired) electrons. The zero-order chi connectivity index (χ0) is 17.4. The number of carbonyl (C=O) groups is 2. The highest BCUT2D eigenvalue weighted by Crippen LogP contribution is 2.09. The van der Waals surface area contributed by atoms with Gasteiger partial charge < -0.3 is 15.4 Å². The van der Waals surface area contributed by atoms with Gasteiger partial charge in [-0.05, 0) is 33.1 Å². The van der Waals surface area contributed by atoms with Gasteiger partial charge in [0.25, 0.3) is 0 Å². The summed E-state index contributed by atoms with van der Waals surface area (Å²) in [5.74, 6) is -0.0954. The van der Waals surface area contributed by atoms with Crippen LogP contribution in [0.15, 0.2) is 0 Å². The van der Waals surface area contributed by atoms with Crippen LogP contribution in [0.4, 0.5) is 0 Å². The normalized spacial score (nSPS) is 26.7. The van der Waals surface area contributed by atoms with Crippen molar-refractivity contribution in [3.8, 4) is 0 Å². The van der Waals surface area contributed by atoms with Crippen LogP contribution in [0.3, 0.4) is 0 Å². The number of piperazine rings is 1. The summed E-state index contributed by atoms with van der Waals surface area (Å²) >= 11 is 0. The number of amides is 2. The standard InChI is InChI=1S/C17H32N4O3/c1-3-24-11-10-21-9-8-20(12-14(21)2)13-16(22)19-15-6-4-5-7-18-17(15)23/h14-15H,3-13H2,1-2H3,(H,18,23)(H,19,22)/t14-,15+/m1/s1. The third-order valence-corrected chi connectivity index (χ3v) is 4.81. The monoisotopic (exact) mass is 340 g/mol. The van der Waals surface area contributed by atoms with E-state index >= 15 is 0 Å². The molecular formula is C17H32N4O3. The highest BCUT2D eigenvalue weighted by molar-refractivity contribution is 5.88. The van der Waals surface area contributed by atoms with Gasteiger partial charge in [-0.25, -0.2) is 0 Å². The van der Waals surface area contributed by atoms with E-state index in [0.29, 0.717) is 19.1 Å². The SMILES string of the molecule is CCOCCN1CCN(CC(=O)N[C@H]2CCCCNC2=O)C[C@H]1C. The molecule has 2 aliphatic rings. The third-order valence-electron chi connectivity index (χ3n) is 4.81. The maximum Gasteiger partial charge on any atom is 0.242 e. The molecule has 2 saturated heterocycles. The van der Waals surface area contributed by atoms with Crippen molar-refractivity contribution in [1.29, 1.82) is 0 Å². The molecule has 0 aromatic rings. The Bertz CT molecular complexity index is 419. The summed E-state index contributed by atoms with van der Waals surface area (Å²) in [4.78, 5) is 28.8. The van der Waals surface area contributed by atoms with Crippen LogP contribution in [0.5, 0.6) is 0 Å². The predicted molar refractivity (Wildman–Crippen MR) is 92.8 cm³/mol. The van der Waals surface area contributed by atoms with Gasteiger partial charge in [0.2, 0.25) is 11.8 Å². The second-order valence-corrected chi connectivity index (χ2v) is 6.72. The Hall–Kier alpha value is -1.18. The van der Waals surface area contributed by atoms with Crippen molar-refractivity contribution in [3.05, 3.63) is 0 Å². The largest absolute Gasteiger partial charge is 0.380 e. The Kier molecular flexibility index (Phi) is 7.94. The lowest BCUT2D eigenvalue weighted by Gasteiger charge is -2.39. The van der Waals surface area contributed by atoms with Gasteiger partial charge in [0.05, 0.1) is 13.2 Å². The van der Waals surface area contributed by atoms with Gasteiger partial charge in [0.1, 0.15) is 6.04 Å². The molecule has 0 aromatic carbocycles. The summed E-state index contributed by atoms with van der Waals surface area (Å²) in [5.41, 5.74) is 0. The van der Waals surface area contributed by atoms with Gasteiger partial charge in [0, 0.05) is 45.4 Å². The van der Waals surface area contributed by atoms with Crippen molar-refractivity contribution in [1.82, 2.24) is 20.4 Å². The van der Waals surface area contributed by atoms with Crippen LogP contribution in [-0.4, -0.2) is 86.2 Å². The molecule has 138 valence electrons.